The van der Waals surface area contributed by atoms with Crippen LogP contribution in [-0.2, 0) is 11.4 Å². The molecule has 2 aliphatic carbocycles. The van der Waals surface area contributed by atoms with Gasteiger partial charge >= 0.3 is 0 Å². The van der Waals surface area contributed by atoms with Crippen molar-refractivity contribution in [2.45, 2.75) is 76.9 Å². The molecule has 0 saturated heterocycles. The fourth-order valence-electron chi connectivity index (χ4n) is 6.27. The number of aromatic nitrogens is 4. The summed E-state index contributed by atoms with van der Waals surface area (Å²) < 4.78 is 18.4. The third-order valence-electron chi connectivity index (χ3n) is 8.42. The van der Waals surface area contributed by atoms with Gasteiger partial charge in [-0.2, -0.15) is 0 Å². The van der Waals surface area contributed by atoms with Gasteiger partial charge in [0, 0.05) is 17.1 Å². The Morgan fingerprint density at radius 1 is 1.13 bits per heavy atom. The number of halogens is 2. The number of nitrogens with zero attached hydrogens (tertiary/aromatic N) is 5. The number of hydroxylamine groups is 1. The number of aliphatic hydroxyl groups is 1. The summed E-state index contributed by atoms with van der Waals surface area (Å²) in [5.41, 5.74) is 5.04. The maximum Gasteiger partial charge on any atom is 0.280 e. The normalized spacial score (nSPS) is 24.9. The Kier molecular flexibility index (Phi) is 7.64. The summed E-state index contributed by atoms with van der Waals surface area (Å²) >= 11 is 6.39. The van der Waals surface area contributed by atoms with E-state index in [2.05, 4.69) is 28.1 Å². The Hall–Kier alpha value is -2.88. The van der Waals surface area contributed by atoms with Gasteiger partial charge in [0.25, 0.3) is 6.41 Å². The van der Waals surface area contributed by atoms with Gasteiger partial charge in [-0.15, -0.1) is 6.58 Å². The smallest absolute Gasteiger partial charge is 0.280 e. The molecular formula is C29H34ClFN6O2. The first-order valence-corrected chi connectivity index (χ1v) is 14.4. The van der Waals surface area contributed by atoms with Crippen LogP contribution >= 0.6 is 11.6 Å². The van der Waals surface area contributed by atoms with E-state index in [9.17, 15) is 5.11 Å². The zero-order chi connectivity index (χ0) is 26.9. The number of fused-ring (bicyclic) bond motifs is 1. The third kappa shape index (κ3) is 5.44. The van der Waals surface area contributed by atoms with Crippen molar-refractivity contribution in [1.29, 1.82) is 0 Å². The minimum atomic E-state index is -1.35. The number of hydrogen-bond acceptors (Lipinski definition) is 7. The molecule has 1 aromatic carbocycles. The topological polar surface area (TPSA) is 97.5 Å². The molecule has 2 fully saturated rings. The van der Waals surface area contributed by atoms with E-state index in [0.717, 1.165) is 63.4 Å². The number of aliphatic imine (C=N–C) groups is 1. The second kappa shape index (κ2) is 11.3. The Morgan fingerprint density at radius 2 is 1.92 bits per heavy atom. The van der Waals surface area contributed by atoms with Crippen molar-refractivity contribution in [2.75, 3.05) is 0 Å². The molecule has 0 amide bonds. The van der Waals surface area contributed by atoms with E-state index in [0.29, 0.717) is 46.1 Å². The second-order valence-corrected chi connectivity index (χ2v) is 11.4. The predicted molar refractivity (Wildman–Crippen MR) is 149 cm³/mol. The summed E-state index contributed by atoms with van der Waals surface area (Å²) in [6.07, 6.45) is 8.78. The maximum absolute atomic E-state index is 16.4. The fourth-order valence-corrected chi connectivity index (χ4v) is 6.46. The van der Waals surface area contributed by atoms with Crippen LogP contribution in [0.15, 0.2) is 41.9 Å². The first-order chi connectivity index (χ1) is 19.0. The molecule has 0 bridgehead atoms. The number of aliphatic hydroxyl groups excluding tert-OH is 1. The lowest BCUT2D eigenvalue weighted by Crippen LogP contribution is -2.23. The zero-order valence-electron chi connectivity index (χ0n) is 21.9. The lowest BCUT2D eigenvalue weighted by Gasteiger charge is -2.29. The highest BCUT2D eigenvalue weighted by Gasteiger charge is 2.33. The highest BCUT2D eigenvalue weighted by Crippen LogP contribution is 2.40. The zero-order valence-corrected chi connectivity index (χ0v) is 22.7. The quantitative estimate of drug-likeness (QED) is 0.334. The van der Waals surface area contributed by atoms with E-state index in [1.54, 1.807) is 6.07 Å². The SMILES string of the molecule is C=CC1CCC(Cn2c(C(F)C3CCCCC3)nc3nc(C4=NC(O)ON4)nc(-c4cccc(Cl)c4)c32)CC1. The molecule has 3 aromatic rings. The maximum atomic E-state index is 16.4. The first kappa shape index (κ1) is 26.3. The largest absolute Gasteiger partial charge is 0.348 e. The van der Waals surface area contributed by atoms with Crippen molar-refractivity contribution in [3.8, 4) is 11.3 Å². The molecule has 2 aromatic heterocycles. The van der Waals surface area contributed by atoms with Crippen molar-refractivity contribution in [3.63, 3.8) is 0 Å². The highest BCUT2D eigenvalue weighted by atomic mass is 35.5. The van der Waals surface area contributed by atoms with Crippen LogP contribution in [0.2, 0.25) is 5.02 Å². The monoisotopic (exact) mass is 552 g/mol. The van der Waals surface area contributed by atoms with Gasteiger partial charge in [0.15, 0.2) is 23.5 Å². The van der Waals surface area contributed by atoms with E-state index in [-0.39, 0.29) is 17.6 Å². The van der Waals surface area contributed by atoms with E-state index in [1.807, 2.05) is 22.8 Å². The number of imidazole rings is 1. The van der Waals surface area contributed by atoms with Crippen molar-refractivity contribution in [2.24, 2.45) is 22.7 Å². The molecule has 3 heterocycles. The highest BCUT2D eigenvalue weighted by molar-refractivity contribution is 6.30. The molecule has 8 nitrogen and oxygen atoms in total. The molecule has 2 N–H and O–H groups in total. The van der Waals surface area contributed by atoms with Gasteiger partial charge in [0.1, 0.15) is 17.0 Å². The first-order valence-electron chi connectivity index (χ1n) is 14.0. The average molecular weight is 553 g/mol. The molecule has 10 heteroatoms. The molecule has 2 saturated carbocycles. The number of alkyl halides is 1. The van der Waals surface area contributed by atoms with Crippen LogP contribution in [0.25, 0.3) is 22.4 Å². The number of benzene rings is 1. The molecule has 0 radical (unpaired) electrons. The summed E-state index contributed by atoms with van der Waals surface area (Å²) in [6, 6.07) is 7.43. The van der Waals surface area contributed by atoms with E-state index >= 15 is 4.39 Å². The van der Waals surface area contributed by atoms with Crippen LogP contribution in [0.1, 0.15) is 75.6 Å². The van der Waals surface area contributed by atoms with Crippen molar-refractivity contribution in [1.82, 2.24) is 25.0 Å². The summed E-state index contributed by atoms with van der Waals surface area (Å²) in [5, 5.41) is 10.3. The van der Waals surface area contributed by atoms with Crippen LogP contribution in [-0.4, -0.2) is 36.9 Å². The second-order valence-electron chi connectivity index (χ2n) is 11.0. The van der Waals surface area contributed by atoms with Gasteiger partial charge in [-0.05, 0) is 68.4 Å². The van der Waals surface area contributed by atoms with Gasteiger partial charge in [0.2, 0.25) is 0 Å². The molecule has 39 heavy (non-hydrogen) atoms. The summed E-state index contributed by atoms with van der Waals surface area (Å²) in [7, 11) is 0. The number of nitrogens with one attached hydrogen (secondary N) is 1. The van der Waals surface area contributed by atoms with Crippen molar-refractivity contribution in [3.05, 3.63) is 53.6 Å². The van der Waals surface area contributed by atoms with Gasteiger partial charge < -0.3 is 9.67 Å². The minimum absolute atomic E-state index is 0.0581. The van der Waals surface area contributed by atoms with Gasteiger partial charge in [-0.1, -0.05) is 49.1 Å². The van der Waals surface area contributed by atoms with Gasteiger partial charge in [-0.25, -0.2) is 34.7 Å². The Bertz CT molecular complexity index is 1380. The van der Waals surface area contributed by atoms with Gasteiger partial charge in [-0.3, -0.25) is 0 Å². The summed E-state index contributed by atoms with van der Waals surface area (Å²) in [6.45, 7) is 4.63. The predicted octanol–water partition coefficient (Wildman–Crippen LogP) is 6.29. The van der Waals surface area contributed by atoms with E-state index in [1.165, 1.54) is 0 Å². The third-order valence-corrected chi connectivity index (χ3v) is 8.65. The minimum Gasteiger partial charge on any atom is -0.348 e. The Labute approximate surface area is 232 Å². The molecule has 0 spiro atoms. The van der Waals surface area contributed by atoms with Gasteiger partial charge in [0.05, 0.1) is 0 Å². The standard InChI is InChI=1S/C29H34ClFN6O2/c1-2-17-11-13-18(14-12-17)16-37-24-23(20-9-6-10-21(30)15-20)32-26(27-35-29(38)39-36-27)33-25(24)34-28(37)22(31)19-7-4-3-5-8-19/h2,6,9-10,15,17-19,22,29,38H,1,3-5,7-8,11-14,16H2,(H,35,36). The average Bonchev–Trinajstić information content (AvgIpc) is 3.56. The van der Waals surface area contributed by atoms with Crippen LogP contribution < -0.4 is 5.48 Å². The van der Waals surface area contributed by atoms with Crippen LogP contribution in [0.3, 0.4) is 0 Å². The summed E-state index contributed by atoms with van der Waals surface area (Å²) in [5.74, 6) is 1.71. The van der Waals surface area contributed by atoms with Crippen LogP contribution in [0, 0.1) is 17.8 Å². The van der Waals surface area contributed by atoms with Crippen molar-refractivity contribution >= 4 is 28.6 Å². The van der Waals surface area contributed by atoms with E-state index in [4.69, 9.17) is 26.4 Å². The molecule has 206 valence electrons. The van der Waals surface area contributed by atoms with Crippen molar-refractivity contribution < 1.29 is 14.3 Å². The molecule has 3 aliphatic rings. The summed E-state index contributed by atoms with van der Waals surface area (Å²) in [4.78, 5) is 23.4. The van der Waals surface area contributed by atoms with Crippen LogP contribution in [0.5, 0.6) is 0 Å². The molecule has 1 aliphatic heterocycles. The number of hydrogen-bond donors (Lipinski definition) is 2. The lowest BCUT2D eigenvalue weighted by molar-refractivity contribution is -0.102. The Balaban J connectivity index is 1.51. The number of allylic oxidation sites excluding steroid dienone is 1. The molecule has 6 rings (SSSR count). The molecule has 2 atom stereocenters. The van der Waals surface area contributed by atoms with Crippen LogP contribution in [0.4, 0.5) is 4.39 Å². The number of rotatable bonds is 7. The van der Waals surface area contributed by atoms with E-state index < -0.39 is 12.6 Å². The number of amidine groups is 1. The molecular weight excluding hydrogens is 519 g/mol. The molecule has 2 unspecified atom stereocenters. The Morgan fingerprint density at radius 3 is 2.62 bits per heavy atom. The fraction of sp³-hybridized carbons (Fsp3) is 0.517. The lowest BCUT2D eigenvalue weighted by atomic mass is 9.82.